The highest BCUT2D eigenvalue weighted by Crippen LogP contribution is 2.31. The number of alkyl halides is 3. The Morgan fingerprint density at radius 1 is 1.29 bits per heavy atom. The highest BCUT2D eigenvalue weighted by molar-refractivity contribution is 6.01. The van der Waals surface area contributed by atoms with Gasteiger partial charge < -0.3 is 16.0 Å². The Labute approximate surface area is 159 Å². The minimum Gasteiger partial charge on any atom is -0.399 e. The van der Waals surface area contributed by atoms with E-state index in [-0.39, 0.29) is 0 Å². The number of halogens is 3. The molecule has 2 aromatic heterocycles. The number of nitrogen functional groups attached to an aromatic ring is 1. The minimum atomic E-state index is -4.46. The molecule has 0 bridgehead atoms. The molecular formula is C19H20F3N5O. The topological polar surface area (TPSA) is 75.7 Å². The number of likely N-dealkylation sites (N-methyl/N-ethyl adjacent to an activating group) is 1. The maximum atomic E-state index is 13.1. The van der Waals surface area contributed by atoms with Crippen molar-refractivity contribution in [2.45, 2.75) is 12.2 Å². The summed E-state index contributed by atoms with van der Waals surface area (Å²) in [7, 11) is 3.56. The van der Waals surface area contributed by atoms with Crippen LogP contribution >= 0.6 is 0 Å². The van der Waals surface area contributed by atoms with E-state index in [1.54, 1.807) is 43.4 Å². The molecule has 0 fully saturated rings. The third-order valence-electron chi connectivity index (χ3n) is 4.26. The molecule has 0 spiro atoms. The van der Waals surface area contributed by atoms with Gasteiger partial charge in [-0.1, -0.05) is 12.1 Å². The Bertz CT molecular complexity index is 997. The number of anilines is 1. The molecule has 3 rings (SSSR count). The summed E-state index contributed by atoms with van der Waals surface area (Å²) in [5.74, 6) is -0.440. The zero-order valence-corrected chi connectivity index (χ0v) is 15.4. The van der Waals surface area contributed by atoms with Crippen molar-refractivity contribution >= 4 is 17.1 Å². The van der Waals surface area contributed by atoms with Crippen molar-refractivity contribution in [3.63, 3.8) is 0 Å². The Hall–Kier alpha value is -3.07. The quantitative estimate of drug-likeness (QED) is 0.701. The fraction of sp³-hybridized carbons (Fsp3) is 0.263. The largest absolute Gasteiger partial charge is 0.416 e. The van der Waals surface area contributed by atoms with Crippen LogP contribution in [0.2, 0.25) is 0 Å². The third-order valence-corrected chi connectivity index (χ3v) is 4.26. The lowest BCUT2D eigenvalue weighted by Crippen LogP contribution is -2.35. The molecular weight excluding hydrogens is 371 g/mol. The van der Waals surface area contributed by atoms with E-state index in [4.69, 9.17) is 5.73 Å². The highest BCUT2D eigenvalue weighted by atomic mass is 19.4. The minimum absolute atomic E-state index is 0.294. The molecule has 1 aromatic carbocycles. The van der Waals surface area contributed by atoms with Crippen LogP contribution in [0.5, 0.6) is 0 Å². The van der Waals surface area contributed by atoms with E-state index in [9.17, 15) is 18.0 Å². The van der Waals surface area contributed by atoms with Crippen LogP contribution in [-0.2, 0) is 6.18 Å². The van der Waals surface area contributed by atoms with Crippen molar-refractivity contribution in [2.24, 2.45) is 0 Å². The van der Waals surface area contributed by atoms with E-state index in [0.29, 0.717) is 28.9 Å². The van der Waals surface area contributed by atoms with Crippen LogP contribution in [0.25, 0.3) is 5.52 Å². The monoisotopic (exact) mass is 391 g/mol. The maximum absolute atomic E-state index is 13.1. The van der Waals surface area contributed by atoms with Crippen molar-refractivity contribution in [1.82, 2.24) is 19.8 Å². The van der Waals surface area contributed by atoms with Crippen molar-refractivity contribution in [1.29, 1.82) is 0 Å². The van der Waals surface area contributed by atoms with E-state index < -0.39 is 23.7 Å². The second-order valence-corrected chi connectivity index (χ2v) is 6.76. The summed E-state index contributed by atoms with van der Waals surface area (Å²) in [4.78, 5) is 14.6. The Kier molecular flexibility index (Phi) is 5.28. The number of rotatable bonds is 5. The summed E-state index contributed by atoms with van der Waals surface area (Å²) >= 11 is 0. The lowest BCUT2D eigenvalue weighted by atomic mass is 10.0. The van der Waals surface area contributed by atoms with Gasteiger partial charge in [0, 0.05) is 18.4 Å². The van der Waals surface area contributed by atoms with Gasteiger partial charge >= 0.3 is 6.18 Å². The van der Waals surface area contributed by atoms with Crippen LogP contribution in [0.3, 0.4) is 0 Å². The second kappa shape index (κ2) is 7.51. The average Bonchev–Trinajstić information content (AvgIpc) is 3.03. The first-order valence-electron chi connectivity index (χ1n) is 8.51. The van der Waals surface area contributed by atoms with E-state index >= 15 is 0 Å². The van der Waals surface area contributed by atoms with Crippen LogP contribution in [0, 0.1) is 0 Å². The summed E-state index contributed by atoms with van der Waals surface area (Å²) in [5, 5.41) is 6.92. The van der Waals surface area contributed by atoms with E-state index in [2.05, 4.69) is 10.4 Å². The highest BCUT2D eigenvalue weighted by Gasteiger charge is 2.31. The second-order valence-electron chi connectivity index (χ2n) is 6.76. The molecule has 3 N–H and O–H groups in total. The van der Waals surface area contributed by atoms with E-state index in [1.807, 2.05) is 0 Å². The number of fused-ring (bicyclic) bond motifs is 1. The molecule has 0 radical (unpaired) electrons. The van der Waals surface area contributed by atoms with Gasteiger partial charge in [-0.15, -0.1) is 0 Å². The summed E-state index contributed by atoms with van der Waals surface area (Å²) < 4.78 is 40.7. The smallest absolute Gasteiger partial charge is 0.399 e. The van der Waals surface area contributed by atoms with Crippen LogP contribution in [0.1, 0.15) is 27.5 Å². The number of nitrogens with zero attached hydrogens (tertiary/aromatic N) is 3. The molecule has 28 heavy (non-hydrogen) atoms. The Morgan fingerprint density at radius 2 is 2.04 bits per heavy atom. The van der Waals surface area contributed by atoms with Gasteiger partial charge in [0.15, 0.2) is 0 Å². The fourth-order valence-corrected chi connectivity index (χ4v) is 2.94. The molecule has 1 unspecified atom stereocenters. The molecule has 6 nitrogen and oxygen atoms in total. The van der Waals surface area contributed by atoms with E-state index in [1.165, 1.54) is 16.8 Å². The number of nitrogens with one attached hydrogen (secondary N) is 1. The van der Waals surface area contributed by atoms with Gasteiger partial charge in [-0.3, -0.25) is 4.79 Å². The Morgan fingerprint density at radius 3 is 2.71 bits per heavy atom. The number of pyridine rings is 1. The zero-order valence-electron chi connectivity index (χ0n) is 15.4. The first kappa shape index (κ1) is 19.7. The molecule has 3 aromatic rings. The molecule has 2 heterocycles. The lowest BCUT2D eigenvalue weighted by Gasteiger charge is -2.23. The van der Waals surface area contributed by atoms with Gasteiger partial charge in [0.25, 0.3) is 5.91 Å². The molecule has 1 amide bonds. The SMILES string of the molecule is CN(C)CC(NC(=O)c1cnn2ccc(N)cc12)c1cccc(C(F)(F)F)c1. The maximum Gasteiger partial charge on any atom is 0.416 e. The van der Waals surface area contributed by atoms with Gasteiger partial charge in [0.1, 0.15) is 0 Å². The van der Waals surface area contributed by atoms with Crippen LogP contribution < -0.4 is 11.1 Å². The van der Waals surface area contributed by atoms with Crippen molar-refractivity contribution in [2.75, 3.05) is 26.4 Å². The summed E-state index contributed by atoms with van der Waals surface area (Å²) in [6.07, 6.45) is -1.42. The molecule has 0 saturated carbocycles. The normalized spacial score (nSPS) is 13.1. The predicted octanol–water partition coefficient (Wildman–Crippen LogP) is 2.97. The third kappa shape index (κ3) is 4.25. The average molecular weight is 391 g/mol. The van der Waals surface area contributed by atoms with Gasteiger partial charge in [-0.05, 0) is 43.9 Å². The molecule has 9 heteroatoms. The van der Waals surface area contributed by atoms with Crippen molar-refractivity contribution in [3.8, 4) is 0 Å². The van der Waals surface area contributed by atoms with Crippen molar-refractivity contribution in [3.05, 3.63) is 65.5 Å². The number of hydrogen-bond donors (Lipinski definition) is 2. The van der Waals surface area contributed by atoms with Gasteiger partial charge in [-0.2, -0.15) is 18.3 Å². The molecule has 0 aliphatic heterocycles. The number of carbonyl (C=O) groups is 1. The summed E-state index contributed by atoms with van der Waals surface area (Å²) in [5.41, 5.74) is 6.68. The van der Waals surface area contributed by atoms with Crippen molar-refractivity contribution < 1.29 is 18.0 Å². The predicted molar refractivity (Wildman–Crippen MR) is 99.8 cm³/mol. The number of nitrogens with two attached hydrogens (primary N) is 1. The first-order chi connectivity index (χ1) is 13.1. The molecule has 0 saturated heterocycles. The molecule has 0 aliphatic rings. The number of benzene rings is 1. The Balaban J connectivity index is 1.92. The first-order valence-corrected chi connectivity index (χ1v) is 8.51. The number of amides is 1. The van der Waals surface area contributed by atoms with Crippen LogP contribution in [-0.4, -0.2) is 41.1 Å². The van der Waals surface area contributed by atoms with Gasteiger partial charge in [0.05, 0.1) is 28.9 Å². The number of hydrogen-bond acceptors (Lipinski definition) is 4. The molecule has 1 atom stereocenters. The van der Waals surface area contributed by atoms with Crippen LogP contribution in [0.4, 0.5) is 18.9 Å². The van der Waals surface area contributed by atoms with E-state index in [0.717, 1.165) is 12.1 Å². The summed E-state index contributed by atoms with van der Waals surface area (Å²) in [6, 6.07) is 7.60. The number of aromatic nitrogens is 2. The summed E-state index contributed by atoms with van der Waals surface area (Å²) in [6.45, 7) is 0.328. The molecule has 0 aliphatic carbocycles. The zero-order chi connectivity index (χ0) is 20.5. The standard InChI is InChI=1S/C19H20F3N5O/c1-26(2)11-16(12-4-3-5-13(8-12)19(20,21)22)25-18(28)15-10-24-27-7-6-14(23)9-17(15)27/h3-10,16H,11,23H2,1-2H3,(H,25,28). The molecule has 148 valence electrons. The number of carbonyl (C=O) groups excluding carboxylic acids is 1. The lowest BCUT2D eigenvalue weighted by molar-refractivity contribution is -0.137. The fourth-order valence-electron chi connectivity index (χ4n) is 2.94. The van der Waals surface area contributed by atoms with Gasteiger partial charge in [-0.25, -0.2) is 4.52 Å². The van der Waals surface area contributed by atoms with Crippen LogP contribution in [0.15, 0.2) is 48.8 Å². The van der Waals surface area contributed by atoms with Gasteiger partial charge in [0.2, 0.25) is 0 Å².